The lowest BCUT2D eigenvalue weighted by molar-refractivity contribution is -0.120. The second-order valence-corrected chi connectivity index (χ2v) is 6.92. The summed E-state index contributed by atoms with van der Waals surface area (Å²) >= 11 is 0. The van der Waals surface area contributed by atoms with Crippen LogP contribution in [0, 0.1) is 13.8 Å². The molecule has 1 unspecified atom stereocenters. The van der Waals surface area contributed by atoms with Crippen LogP contribution in [0.2, 0.25) is 0 Å². The van der Waals surface area contributed by atoms with Crippen LogP contribution in [0.1, 0.15) is 28.6 Å². The quantitative estimate of drug-likeness (QED) is 0.366. The molecule has 0 saturated carbocycles. The molecule has 158 valence electrons. The number of nitrogens with zero attached hydrogens (tertiary/aromatic N) is 2. The van der Waals surface area contributed by atoms with Gasteiger partial charge in [0, 0.05) is 13.6 Å². The molecule has 29 heavy (non-hydrogen) atoms. The first-order valence-corrected chi connectivity index (χ1v) is 9.50. The van der Waals surface area contributed by atoms with Gasteiger partial charge in [-0.3, -0.25) is 9.79 Å². The molecule has 7 nitrogen and oxygen atoms in total. The standard InChI is InChI=1S/C21H28N4O3.HI/c1-15-6-7-18(16(2)11-15)19-14-25(8-10-28-19)21(22-3)24-13-20(26)23-12-17-5-4-9-27-17;/h4-7,9,11,19H,8,10,12-14H2,1-3H3,(H,22,24)(H,23,26);1H. The second kappa shape index (κ2) is 11.2. The van der Waals surface area contributed by atoms with E-state index in [0.717, 1.165) is 12.3 Å². The molecule has 0 bridgehead atoms. The van der Waals surface area contributed by atoms with Crippen LogP contribution in [-0.2, 0) is 16.1 Å². The van der Waals surface area contributed by atoms with Gasteiger partial charge in [0.15, 0.2) is 5.96 Å². The van der Waals surface area contributed by atoms with Crippen molar-refractivity contribution in [2.24, 2.45) is 4.99 Å². The van der Waals surface area contributed by atoms with E-state index < -0.39 is 0 Å². The predicted octanol–water partition coefficient (Wildman–Crippen LogP) is 2.78. The normalized spacial score (nSPS) is 16.9. The third-order valence-electron chi connectivity index (χ3n) is 4.80. The topological polar surface area (TPSA) is 79.1 Å². The van der Waals surface area contributed by atoms with Crippen LogP contribution in [0.5, 0.6) is 0 Å². The number of guanidine groups is 1. The first-order valence-electron chi connectivity index (χ1n) is 9.50. The Hall–Kier alpha value is -2.07. The molecule has 1 fully saturated rings. The van der Waals surface area contributed by atoms with Gasteiger partial charge in [-0.15, -0.1) is 24.0 Å². The van der Waals surface area contributed by atoms with Gasteiger partial charge in [0.05, 0.1) is 32.5 Å². The number of rotatable bonds is 5. The Labute approximate surface area is 188 Å². The van der Waals surface area contributed by atoms with E-state index in [9.17, 15) is 4.79 Å². The maximum absolute atomic E-state index is 12.1. The summed E-state index contributed by atoms with van der Waals surface area (Å²) in [5.41, 5.74) is 3.67. The third kappa shape index (κ3) is 6.46. The molecule has 3 rings (SSSR count). The summed E-state index contributed by atoms with van der Waals surface area (Å²) in [6.07, 6.45) is 1.58. The van der Waals surface area contributed by atoms with E-state index in [2.05, 4.69) is 52.6 Å². The molecule has 8 heteroatoms. The van der Waals surface area contributed by atoms with E-state index in [0.29, 0.717) is 25.7 Å². The molecular formula is C21H29IN4O3. The van der Waals surface area contributed by atoms with Crippen LogP contribution in [0.3, 0.4) is 0 Å². The molecule has 1 aromatic carbocycles. The van der Waals surface area contributed by atoms with Crippen LogP contribution < -0.4 is 10.6 Å². The molecule has 1 atom stereocenters. The number of hydrogen-bond donors (Lipinski definition) is 2. The molecule has 0 aliphatic carbocycles. The van der Waals surface area contributed by atoms with Crippen molar-refractivity contribution in [3.8, 4) is 0 Å². The lowest BCUT2D eigenvalue weighted by Crippen LogP contribution is -2.50. The highest BCUT2D eigenvalue weighted by Gasteiger charge is 2.25. The van der Waals surface area contributed by atoms with Gasteiger partial charge in [-0.25, -0.2) is 0 Å². The number of carbonyl (C=O) groups is 1. The van der Waals surface area contributed by atoms with Crippen LogP contribution in [0.15, 0.2) is 46.0 Å². The van der Waals surface area contributed by atoms with Crippen molar-refractivity contribution < 1.29 is 13.9 Å². The maximum Gasteiger partial charge on any atom is 0.239 e. The van der Waals surface area contributed by atoms with Gasteiger partial charge in [0.2, 0.25) is 5.91 Å². The minimum Gasteiger partial charge on any atom is -0.467 e. The molecule has 1 saturated heterocycles. The molecular weight excluding hydrogens is 483 g/mol. The van der Waals surface area contributed by atoms with Crippen molar-refractivity contribution in [1.29, 1.82) is 0 Å². The molecule has 1 amide bonds. The van der Waals surface area contributed by atoms with Crippen LogP contribution >= 0.6 is 24.0 Å². The van der Waals surface area contributed by atoms with E-state index in [1.54, 1.807) is 19.4 Å². The van der Waals surface area contributed by atoms with Gasteiger partial charge in [0.1, 0.15) is 11.9 Å². The van der Waals surface area contributed by atoms with Crippen LogP contribution in [0.4, 0.5) is 0 Å². The van der Waals surface area contributed by atoms with Crippen molar-refractivity contribution >= 4 is 35.8 Å². The summed E-state index contributed by atoms with van der Waals surface area (Å²) in [5, 5.41) is 5.96. The Morgan fingerprint density at radius 3 is 2.79 bits per heavy atom. The Bertz CT molecular complexity index is 823. The number of carbonyl (C=O) groups excluding carboxylic acids is 1. The van der Waals surface area contributed by atoms with E-state index in [1.165, 1.54) is 16.7 Å². The van der Waals surface area contributed by atoms with Gasteiger partial charge < -0.3 is 24.7 Å². The molecule has 2 aromatic rings. The Kier molecular flexibility index (Phi) is 8.97. The number of aryl methyl sites for hydroxylation is 2. The molecule has 1 aliphatic rings. The monoisotopic (exact) mass is 512 g/mol. The molecule has 1 aromatic heterocycles. The highest BCUT2D eigenvalue weighted by molar-refractivity contribution is 14.0. The molecule has 1 aliphatic heterocycles. The first kappa shape index (κ1) is 23.2. The lowest BCUT2D eigenvalue weighted by atomic mass is 10.00. The SMILES string of the molecule is CN=C(NCC(=O)NCc1ccco1)N1CCOC(c2ccc(C)cc2C)C1.I. The maximum atomic E-state index is 12.1. The fourth-order valence-corrected chi connectivity index (χ4v) is 3.37. The largest absolute Gasteiger partial charge is 0.467 e. The number of amides is 1. The molecule has 2 heterocycles. The summed E-state index contributed by atoms with van der Waals surface area (Å²) in [4.78, 5) is 18.6. The van der Waals surface area contributed by atoms with Crippen LogP contribution in [0.25, 0.3) is 0 Å². The molecule has 2 N–H and O–H groups in total. The molecule has 0 radical (unpaired) electrons. The van der Waals surface area contributed by atoms with E-state index in [-0.39, 0.29) is 42.5 Å². The minimum absolute atomic E-state index is 0. The van der Waals surface area contributed by atoms with Gasteiger partial charge in [0.25, 0.3) is 0 Å². The van der Waals surface area contributed by atoms with Crippen molar-refractivity contribution in [1.82, 2.24) is 15.5 Å². The lowest BCUT2D eigenvalue weighted by Gasteiger charge is -2.35. The predicted molar refractivity (Wildman–Crippen MR) is 124 cm³/mol. The zero-order chi connectivity index (χ0) is 19.9. The van der Waals surface area contributed by atoms with Crippen molar-refractivity contribution in [3.05, 3.63) is 59.0 Å². The van der Waals surface area contributed by atoms with Gasteiger partial charge in [-0.1, -0.05) is 23.8 Å². The summed E-state index contributed by atoms with van der Waals surface area (Å²) in [5.74, 6) is 1.31. The van der Waals surface area contributed by atoms with Crippen molar-refractivity contribution in [2.45, 2.75) is 26.5 Å². The van der Waals surface area contributed by atoms with E-state index in [1.807, 2.05) is 6.07 Å². The van der Waals surface area contributed by atoms with Gasteiger partial charge in [-0.2, -0.15) is 0 Å². The number of nitrogens with one attached hydrogen (secondary N) is 2. The van der Waals surface area contributed by atoms with Gasteiger partial charge in [-0.05, 0) is 37.1 Å². The van der Waals surface area contributed by atoms with E-state index in [4.69, 9.17) is 9.15 Å². The summed E-state index contributed by atoms with van der Waals surface area (Å²) in [6, 6.07) is 10.0. The van der Waals surface area contributed by atoms with Gasteiger partial charge >= 0.3 is 0 Å². The fraction of sp³-hybridized carbons (Fsp3) is 0.429. The average molecular weight is 512 g/mol. The zero-order valence-corrected chi connectivity index (χ0v) is 19.4. The fourth-order valence-electron chi connectivity index (χ4n) is 3.37. The summed E-state index contributed by atoms with van der Waals surface area (Å²) < 4.78 is 11.2. The van der Waals surface area contributed by atoms with Crippen molar-refractivity contribution in [2.75, 3.05) is 33.3 Å². The second-order valence-electron chi connectivity index (χ2n) is 6.92. The van der Waals surface area contributed by atoms with E-state index >= 15 is 0 Å². The highest BCUT2D eigenvalue weighted by atomic mass is 127. The number of morpholine rings is 1. The first-order chi connectivity index (χ1) is 13.6. The van der Waals surface area contributed by atoms with Crippen molar-refractivity contribution in [3.63, 3.8) is 0 Å². The third-order valence-corrected chi connectivity index (χ3v) is 4.80. The summed E-state index contributed by atoms with van der Waals surface area (Å²) in [7, 11) is 1.73. The smallest absolute Gasteiger partial charge is 0.239 e. The number of furan rings is 1. The summed E-state index contributed by atoms with van der Waals surface area (Å²) in [6.45, 7) is 6.77. The number of hydrogen-bond acceptors (Lipinski definition) is 4. The average Bonchev–Trinajstić information content (AvgIpc) is 3.21. The highest BCUT2D eigenvalue weighted by Crippen LogP contribution is 2.25. The number of halogens is 1. The Morgan fingerprint density at radius 1 is 1.28 bits per heavy atom. The Morgan fingerprint density at radius 2 is 2.10 bits per heavy atom. The number of aliphatic imine (C=N–C) groups is 1. The van der Waals surface area contributed by atoms with Crippen LogP contribution in [-0.4, -0.2) is 50.1 Å². The Balaban J connectivity index is 0.00000300. The zero-order valence-electron chi connectivity index (χ0n) is 17.1. The molecule has 0 spiro atoms. The number of ether oxygens (including phenoxy) is 1. The number of benzene rings is 1. The minimum atomic E-state index is -0.114.